The smallest absolute Gasteiger partial charge is 0.133 e. The minimum absolute atomic E-state index is 0.140. The predicted molar refractivity (Wildman–Crippen MR) is 28.6 cm³/mol. The van der Waals surface area contributed by atoms with E-state index in [0.29, 0.717) is 6.42 Å². The van der Waals surface area contributed by atoms with Crippen molar-refractivity contribution in [3.8, 4) is 0 Å². The molecule has 0 rings (SSSR count). The first kappa shape index (κ1) is 6.21. The van der Waals surface area contributed by atoms with Gasteiger partial charge in [-0.2, -0.15) is 0 Å². The van der Waals surface area contributed by atoms with Crippen LogP contribution in [0.15, 0.2) is 12.3 Å². The van der Waals surface area contributed by atoms with Gasteiger partial charge in [0.2, 0.25) is 0 Å². The molecule has 0 fully saturated rings. The maximum atomic E-state index is 10.1. The summed E-state index contributed by atoms with van der Waals surface area (Å²) < 4.78 is 0. The van der Waals surface area contributed by atoms with E-state index >= 15 is 0 Å². The van der Waals surface area contributed by atoms with E-state index in [0.717, 1.165) is 0 Å². The van der Waals surface area contributed by atoms with E-state index in [2.05, 4.69) is 0 Å². The number of carbonyl (C=O) groups is 1. The Morgan fingerprint density at radius 3 is 2.57 bits per heavy atom. The minimum Gasteiger partial charge on any atom is -0.405 e. The highest BCUT2D eigenvalue weighted by Gasteiger charge is 1.81. The molecule has 0 spiro atoms. The third kappa shape index (κ3) is 5.21. The molecule has 0 unspecified atom stereocenters. The normalized spacial score (nSPS) is 9.86. The molecule has 0 aromatic carbocycles. The lowest BCUT2D eigenvalue weighted by Gasteiger charge is -1.78. The Labute approximate surface area is 43.0 Å². The first-order valence-electron chi connectivity index (χ1n) is 2.13. The fraction of sp³-hybridized carbons (Fsp3) is 0.400. The highest BCUT2D eigenvalue weighted by molar-refractivity contribution is 5.76. The summed E-state index contributed by atoms with van der Waals surface area (Å²) in [5.41, 5.74) is 4.94. The zero-order valence-electron chi connectivity index (χ0n) is 4.35. The average Bonchev–Trinajstić information content (AvgIpc) is 1.61. The number of rotatable bonds is 2. The Balaban J connectivity index is 3.14. The van der Waals surface area contributed by atoms with Gasteiger partial charge in [-0.25, -0.2) is 0 Å². The third-order valence-corrected chi connectivity index (χ3v) is 0.541. The molecule has 2 nitrogen and oxygen atoms in total. The van der Waals surface area contributed by atoms with Crippen LogP contribution < -0.4 is 5.73 Å². The Bertz CT molecular complexity index is 86.1. The van der Waals surface area contributed by atoms with Gasteiger partial charge in [-0.15, -0.1) is 0 Å². The Morgan fingerprint density at radius 1 is 1.86 bits per heavy atom. The van der Waals surface area contributed by atoms with Crippen molar-refractivity contribution >= 4 is 5.78 Å². The van der Waals surface area contributed by atoms with Crippen molar-refractivity contribution in [3.05, 3.63) is 12.3 Å². The highest BCUT2D eigenvalue weighted by atomic mass is 16.1. The number of carbonyl (C=O) groups excluding carboxylic acids is 1. The van der Waals surface area contributed by atoms with E-state index in [1.54, 1.807) is 6.08 Å². The number of hydrogen-bond acceptors (Lipinski definition) is 2. The van der Waals surface area contributed by atoms with Gasteiger partial charge < -0.3 is 5.73 Å². The van der Waals surface area contributed by atoms with Gasteiger partial charge in [0.25, 0.3) is 0 Å². The topological polar surface area (TPSA) is 43.1 Å². The van der Waals surface area contributed by atoms with Crippen molar-refractivity contribution in [2.45, 2.75) is 13.3 Å². The highest BCUT2D eigenvalue weighted by Crippen LogP contribution is 1.79. The van der Waals surface area contributed by atoms with Crippen molar-refractivity contribution < 1.29 is 4.79 Å². The molecule has 0 aliphatic heterocycles. The van der Waals surface area contributed by atoms with Gasteiger partial charge >= 0.3 is 0 Å². The van der Waals surface area contributed by atoms with E-state index in [-0.39, 0.29) is 5.78 Å². The Morgan fingerprint density at radius 2 is 2.43 bits per heavy atom. The summed E-state index contributed by atoms with van der Waals surface area (Å²) in [5, 5.41) is 0. The second-order valence-corrected chi connectivity index (χ2v) is 1.33. The molecule has 2 heteroatoms. The number of hydrogen-bond donors (Lipinski definition) is 1. The fourth-order valence-corrected chi connectivity index (χ4v) is 0.234. The summed E-state index contributed by atoms with van der Waals surface area (Å²) in [6.45, 7) is 1.53. The molecule has 0 saturated carbocycles. The molecular weight excluding hydrogens is 90.1 g/mol. The van der Waals surface area contributed by atoms with E-state index in [4.69, 9.17) is 5.73 Å². The van der Waals surface area contributed by atoms with Crippen LogP contribution in [0.4, 0.5) is 0 Å². The standard InChI is InChI=1S/C5H9NO/c1-5(7)3-2-4-6/h2,4H,3,6H2,1H3/b4-2+. The second kappa shape index (κ2) is 3.40. The average molecular weight is 99.1 g/mol. The Kier molecular flexibility index (Phi) is 3.02. The molecule has 0 heterocycles. The van der Waals surface area contributed by atoms with Crippen LogP contribution in [0.5, 0.6) is 0 Å². The molecule has 0 aliphatic carbocycles. The monoisotopic (exact) mass is 99.1 g/mol. The molecule has 0 aromatic rings. The fourth-order valence-electron chi connectivity index (χ4n) is 0.234. The van der Waals surface area contributed by atoms with Crippen molar-refractivity contribution in [2.24, 2.45) is 5.73 Å². The van der Waals surface area contributed by atoms with Crippen molar-refractivity contribution in [2.75, 3.05) is 0 Å². The first-order valence-corrected chi connectivity index (χ1v) is 2.13. The molecule has 0 atom stereocenters. The van der Waals surface area contributed by atoms with E-state index < -0.39 is 0 Å². The largest absolute Gasteiger partial charge is 0.405 e. The maximum absolute atomic E-state index is 10.1. The van der Waals surface area contributed by atoms with Gasteiger partial charge in [-0.05, 0) is 13.1 Å². The number of Topliss-reactive ketones (excluding diaryl/α,β-unsaturated/α-hetero) is 1. The summed E-state index contributed by atoms with van der Waals surface area (Å²) in [4.78, 5) is 10.1. The summed E-state index contributed by atoms with van der Waals surface area (Å²) in [6.07, 6.45) is 3.46. The van der Waals surface area contributed by atoms with Gasteiger partial charge in [0, 0.05) is 6.42 Å². The summed E-state index contributed by atoms with van der Waals surface area (Å²) in [5.74, 6) is 0.140. The molecule has 7 heavy (non-hydrogen) atoms. The lowest BCUT2D eigenvalue weighted by molar-refractivity contribution is -0.116. The summed E-state index contributed by atoms with van der Waals surface area (Å²) in [6, 6.07) is 0. The van der Waals surface area contributed by atoms with Crippen LogP contribution in [-0.4, -0.2) is 5.78 Å². The van der Waals surface area contributed by atoms with Crippen LogP contribution in [0.1, 0.15) is 13.3 Å². The van der Waals surface area contributed by atoms with Gasteiger partial charge in [-0.3, -0.25) is 4.79 Å². The van der Waals surface area contributed by atoms with Gasteiger partial charge in [0.15, 0.2) is 0 Å². The van der Waals surface area contributed by atoms with Crippen molar-refractivity contribution in [3.63, 3.8) is 0 Å². The quantitative estimate of drug-likeness (QED) is 0.545. The summed E-state index contributed by atoms with van der Waals surface area (Å²) in [7, 11) is 0. The van der Waals surface area contributed by atoms with E-state index in [1.165, 1.54) is 13.1 Å². The molecule has 0 amide bonds. The van der Waals surface area contributed by atoms with Crippen LogP contribution in [0, 0.1) is 0 Å². The van der Waals surface area contributed by atoms with Crippen LogP contribution in [-0.2, 0) is 4.79 Å². The zero-order valence-corrected chi connectivity index (χ0v) is 4.35. The van der Waals surface area contributed by atoms with Crippen LogP contribution in [0.3, 0.4) is 0 Å². The summed E-state index contributed by atoms with van der Waals surface area (Å²) >= 11 is 0. The predicted octanol–water partition coefficient (Wildman–Crippen LogP) is 0.438. The molecule has 0 radical (unpaired) electrons. The number of allylic oxidation sites excluding steroid dienone is 1. The molecular formula is C5H9NO. The lowest BCUT2D eigenvalue weighted by atomic mass is 10.3. The number of ketones is 1. The van der Waals surface area contributed by atoms with Crippen LogP contribution >= 0.6 is 0 Å². The van der Waals surface area contributed by atoms with Gasteiger partial charge in [0.05, 0.1) is 0 Å². The minimum atomic E-state index is 0.140. The molecule has 0 saturated heterocycles. The maximum Gasteiger partial charge on any atom is 0.133 e. The zero-order chi connectivity index (χ0) is 5.70. The molecule has 0 bridgehead atoms. The molecule has 0 aromatic heterocycles. The lowest BCUT2D eigenvalue weighted by Crippen LogP contribution is -1.85. The van der Waals surface area contributed by atoms with Crippen LogP contribution in [0.25, 0.3) is 0 Å². The van der Waals surface area contributed by atoms with E-state index in [1.807, 2.05) is 0 Å². The number of nitrogens with two attached hydrogens (primary N) is 1. The first-order chi connectivity index (χ1) is 3.27. The molecule has 2 N–H and O–H groups in total. The third-order valence-electron chi connectivity index (χ3n) is 0.541. The van der Waals surface area contributed by atoms with Gasteiger partial charge in [-0.1, -0.05) is 6.08 Å². The second-order valence-electron chi connectivity index (χ2n) is 1.33. The van der Waals surface area contributed by atoms with Crippen molar-refractivity contribution in [1.29, 1.82) is 0 Å². The van der Waals surface area contributed by atoms with Gasteiger partial charge in [0.1, 0.15) is 5.78 Å². The molecule has 0 aliphatic rings. The SMILES string of the molecule is CC(=O)C/C=C/N. The van der Waals surface area contributed by atoms with E-state index in [9.17, 15) is 4.79 Å². The Hall–Kier alpha value is -0.790. The molecule has 40 valence electrons. The van der Waals surface area contributed by atoms with Crippen LogP contribution in [0.2, 0.25) is 0 Å². The van der Waals surface area contributed by atoms with Crippen molar-refractivity contribution in [1.82, 2.24) is 0 Å².